The number of alkyl halides is 3. The van der Waals surface area contributed by atoms with Crippen LogP contribution in [0.5, 0.6) is 0 Å². The molecule has 0 aliphatic rings. The molecule has 1 aromatic rings. The van der Waals surface area contributed by atoms with Gasteiger partial charge < -0.3 is 0 Å². The van der Waals surface area contributed by atoms with Crippen molar-refractivity contribution < 1.29 is 13.2 Å². The van der Waals surface area contributed by atoms with Gasteiger partial charge in [0.05, 0.1) is 11.6 Å². The Labute approximate surface area is 93.7 Å². The van der Waals surface area contributed by atoms with Gasteiger partial charge in [0.25, 0.3) is 0 Å². The van der Waals surface area contributed by atoms with Gasteiger partial charge in [0.1, 0.15) is 0 Å². The largest absolute Gasteiger partial charge is 0.397 e. The van der Waals surface area contributed by atoms with E-state index in [1.807, 2.05) is 13.8 Å². The van der Waals surface area contributed by atoms with Crippen molar-refractivity contribution in [2.45, 2.75) is 45.2 Å². The molecule has 4 heteroatoms. The summed E-state index contributed by atoms with van der Waals surface area (Å²) in [6.45, 7) is 5.49. The van der Waals surface area contributed by atoms with E-state index < -0.39 is 12.1 Å². The van der Waals surface area contributed by atoms with E-state index in [2.05, 4.69) is 4.98 Å². The summed E-state index contributed by atoms with van der Waals surface area (Å²) < 4.78 is 37.9. The van der Waals surface area contributed by atoms with Crippen LogP contribution in [-0.4, -0.2) is 11.2 Å². The molecule has 0 amide bonds. The van der Waals surface area contributed by atoms with Gasteiger partial charge in [-0.3, -0.25) is 4.98 Å². The Bertz CT molecular complexity index is 327. The summed E-state index contributed by atoms with van der Waals surface area (Å²) in [6, 6.07) is 3.21. The second kappa shape index (κ2) is 4.85. The Balaban J connectivity index is 2.96. The number of pyridine rings is 1. The highest BCUT2D eigenvalue weighted by Crippen LogP contribution is 2.36. The third kappa shape index (κ3) is 2.97. The van der Waals surface area contributed by atoms with Gasteiger partial charge in [0, 0.05) is 6.20 Å². The van der Waals surface area contributed by atoms with Gasteiger partial charge in [-0.05, 0) is 24.0 Å². The second-order valence-electron chi connectivity index (χ2n) is 4.17. The number of hydrogen-bond donors (Lipinski definition) is 0. The van der Waals surface area contributed by atoms with Crippen molar-refractivity contribution in [3.8, 4) is 0 Å². The van der Waals surface area contributed by atoms with Crippen LogP contribution in [0.25, 0.3) is 0 Å². The van der Waals surface area contributed by atoms with Crippen LogP contribution in [0.3, 0.4) is 0 Å². The molecule has 0 fully saturated rings. The molecule has 90 valence electrons. The van der Waals surface area contributed by atoms with Gasteiger partial charge in [-0.25, -0.2) is 0 Å². The lowest BCUT2D eigenvalue weighted by molar-refractivity contribution is -0.151. The number of aromatic nitrogens is 1. The fourth-order valence-corrected chi connectivity index (χ4v) is 1.57. The van der Waals surface area contributed by atoms with Crippen molar-refractivity contribution in [2.75, 3.05) is 0 Å². The van der Waals surface area contributed by atoms with Crippen LogP contribution in [0.1, 0.15) is 50.3 Å². The molecule has 0 aliphatic carbocycles. The molecule has 0 aliphatic heterocycles. The van der Waals surface area contributed by atoms with Gasteiger partial charge in [-0.2, -0.15) is 13.2 Å². The highest BCUT2D eigenvalue weighted by molar-refractivity contribution is 5.20. The minimum absolute atomic E-state index is 0.0253. The summed E-state index contributed by atoms with van der Waals surface area (Å²) in [5.74, 6) is -1.17. The lowest BCUT2D eigenvalue weighted by atomic mass is 9.99. The van der Waals surface area contributed by atoms with Gasteiger partial charge in [-0.15, -0.1) is 0 Å². The second-order valence-corrected chi connectivity index (χ2v) is 4.17. The molecule has 1 unspecified atom stereocenters. The Morgan fingerprint density at radius 2 is 1.88 bits per heavy atom. The first kappa shape index (κ1) is 13.0. The molecule has 0 bridgehead atoms. The highest BCUT2D eigenvalue weighted by atomic mass is 19.4. The minimum Gasteiger partial charge on any atom is -0.260 e. The lowest BCUT2D eigenvalue weighted by Gasteiger charge is -2.18. The molecule has 1 rings (SSSR count). The zero-order chi connectivity index (χ0) is 12.3. The Morgan fingerprint density at radius 1 is 1.25 bits per heavy atom. The van der Waals surface area contributed by atoms with Crippen molar-refractivity contribution in [3.05, 3.63) is 29.6 Å². The Kier molecular flexibility index (Phi) is 3.94. The van der Waals surface area contributed by atoms with Crippen LogP contribution in [0.4, 0.5) is 13.2 Å². The molecule has 0 spiro atoms. The SMILES string of the molecule is CCC(c1ccc(C(C)C)cn1)C(F)(F)F. The van der Waals surface area contributed by atoms with Crippen molar-refractivity contribution in [3.63, 3.8) is 0 Å². The molecule has 0 saturated carbocycles. The maximum absolute atomic E-state index is 12.6. The van der Waals surface area contributed by atoms with Crippen LogP contribution in [0, 0.1) is 0 Å². The maximum atomic E-state index is 12.6. The molecule has 0 N–H and O–H groups in total. The van der Waals surface area contributed by atoms with E-state index in [0.717, 1.165) is 5.56 Å². The predicted octanol–water partition coefficient (Wildman–Crippen LogP) is 4.26. The van der Waals surface area contributed by atoms with Crippen molar-refractivity contribution in [2.24, 2.45) is 0 Å². The summed E-state index contributed by atoms with van der Waals surface area (Å²) in [5.41, 5.74) is 1.07. The monoisotopic (exact) mass is 231 g/mol. The fourth-order valence-electron chi connectivity index (χ4n) is 1.57. The van der Waals surface area contributed by atoms with Gasteiger partial charge in [0.15, 0.2) is 0 Å². The molecule has 1 nitrogen and oxygen atoms in total. The Morgan fingerprint density at radius 3 is 2.19 bits per heavy atom. The molecular formula is C12H16F3N. The Hall–Kier alpha value is -1.06. The summed E-state index contributed by atoms with van der Waals surface area (Å²) in [7, 11) is 0. The standard InChI is InChI=1S/C12H16F3N/c1-4-10(12(13,14)15)11-6-5-9(7-16-11)8(2)3/h5-8,10H,4H2,1-3H3. The number of nitrogens with zero attached hydrogens (tertiary/aromatic N) is 1. The smallest absolute Gasteiger partial charge is 0.260 e. The van der Waals surface area contributed by atoms with E-state index in [9.17, 15) is 13.2 Å². The topological polar surface area (TPSA) is 12.9 Å². The first-order valence-electron chi connectivity index (χ1n) is 5.38. The van der Waals surface area contributed by atoms with Gasteiger partial charge in [-0.1, -0.05) is 26.8 Å². The lowest BCUT2D eigenvalue weighted by Crippen LogP contribution is -2.21. The first-order chi connectivity index (χ1) is 7.36. The quantitative estimate of drug-likeness (QED) is 0.757. The molecule has 16 heavy (non-hydrogen) atoms. The zero-order valence-corrected chi connectivity index (χ0v) is 9.67. The van der Waals surface area contributed by atoms with E-state index in [1.165, 1.54) is 19.2 Å². The predicted molar refractivity (Wildman–Crippen MR) is 57.4 cm³/mol. The third-order valence-corrected chi connectivity index (χ3v) is 2.64. The average Bonchev–Trinajstić information content (AvgIpc) is 2.17. The molecule has 0 radical (unpaired) electrons. The van der Waals surface area contributed by atoms with Crippen LogP contribution in [0.15, 0.2) is 18.3 Å². The van der Waals surface area contributed by atoms with Gasteiger partial charge in [0.2, 0.25) is 0 Å². The number of rotatable bonds is 3. The van der Waals surface area contributed by atoms with Gasteiger partial charge >= 0.3 is 6.18 Å². The summed E-state index contributed by atoms with van der Waals surface area (Å²) in [5, 5.41) is 0. The summed E-state index contributed by atoms with van der Waals surface area (Å²) in [6.07, 6.45) is -2.65. The minimum atomic E-state index is -4.21. The zero-order valence-electron chi connectivity index (χ0n) is 9.67. The van der Waals surface area contributed by atoms with Crippen LogP contribution < -0.4 is 0 Å². The number of hydrogen-bond acceptors (Lipinski definition) is 1. The third-order valence-electron chi connectivity index (χ3n) is 2.64. The van der Waals surface area contributed by atoms with Crippen molar-refractivity contribution in [1.82, 2.24) is 4.98 Å². The van der Waals surface area contributed by atoms with E-state index in [-0.39, 0.29) is 18.0 Å². The fraction of sp³-hybridized carbons (Fsp3) is 0.583. The molecule has 1 aromatic heterocycles. The van der Waals surface area contributed by atoms with Crippen LogP contribution in [0.2, 0.25) is 0 Å². The van der Waals surface area contributed by atoms with E-state index >= 15 is 0 Å². The summed E-state index contributed by atoms with van der Waals surface area (Å²) >= 11 is 0. The van der Waals surface area contributed by atoms with Crippen molar-refractivity contribution >= 4 is 0 Å². The van der Waals surface area contributed by atoms with E-state index in [0.29, 0.717) is 0 Å². The van der Waals surface area contributed by atoms with Crippen molar-refractivity contribution in [1.29, 1.82) is 0 Å². The van der Waals surface area contributed by atoms with E-state index in [4.69, 9.17) is 0 Å². The van der Waals surface area contributed by atoms with E-state index in [1.54, 1.807) is 6.07 Å². The number of halogens is 3. The van der Waals surface area contributed by atoms with Crippen LogP contribution in [-0.2, 0) is 0 Å². The molecule has 1 heterocycles. The first-order valence-corrected chi connectivity index (χ1v) is 5.38. The normalized spacial score (nSPS) is 14.2. The molecule has 1 atom stereocenters. The van der Waals surface area contributed by atoms with Crippen LogP contribution >= 0.6 is 0 Å². The molecule has 0 aromatic carbocycles. The average molecular weight is 231 g/mol. The maximum Gasteiger partial charge on any atom is 0.397 e. The molecule has 0 saturated heterocycles. The highest BCUT2D eigenvalue weighted by Gasteiger charge is 2.40. The molecular weight excluding hydrogens is 215 g/mol. The summed E-state index contributed by atoms with van der Waals surface area (Å²) in [4.78, 5) is 3.92.